The van der Waals surface area contributed by atoms with Gasteiger partial charge >= 0.3 is 0 Å². The van der Waals surface area contributed by atoms with E-state index >= 15 is 0 Å². The number of hydrogen-bond acceptors (Lipinski definition) is 4. The minimum atomic E-state index is 0.703. The smallest absolute Gasteiger partial charge is 0.131 e. The van der Waals surface area contributed by atoms with Crippen LogP contribution in [0.25, 0.3) is 0 Å². The van der Waals surface area contributed by atoms with E-state index in [1.807, 2.05) is 6.92 Å². The van der Waals surface area contributed by atoms with E-state index in [0.717, 1.165) is 22.5 Å². The first kappa shape index (κ1) is 10.1. The zero-order chi connectivity index (χ0) is 9.97. The largest absolute Gasteiger partial charge is 0.308 e. The van der Waals surface area contributed by atoms with Crippen molar-refractivity contribution in [3.8, 4) is 0 Å². The molecule has 1 heterocycles. The normalized spacial score (nSPS) is 27.0. The van der Waals surface area contributed by atoms with Gasteiger partial charge in [-0.15, -0.1) is 21.5 Å². The van der Waals surface area contributed by atoms with Crippen LogP contribution in [0.5, 0.6) is 0 Å². The summed E-state index contributed by atoms with van der Waals surface area (Å²) in [4.78, 5) is 0. The lowest BCUT2D eigenvalue weighted by molar-refractivity contribution is 0.500. The van der Waals surface area contributed by atoms with E-state index in [4.69, 9.17) is 0 Å². The maximum atomic E-state index is 4.10. The van der Waals surface area contributed by atoms with Gasteiger partial charge in [0.1, 0.15) is 10.0 Å². The van der Waals surface area contributed by atoms with Crippen LogP contribution in [0.4, 0.5) is 0 Å². The average molecular weight is 211 g/mol. The second-order valence-electron chi connectivity index (χ2n) is 4.21. The van der Waals surface area contributed by atoms with Gasteiger partial charge in [0.15, 0.2) is 0 Å². The molecule has 0 aliphatic heterocycles. The molecule has 3 nitrogen and oxygen atoms in total. The van der Waals surface area contributed by atoms with Gasteiger partial charge in [0, 0.05) is 12.6 Å². The molecule has 78 valence electrons. The Morgan fingerprint density at radius 3 is 2.86 bits per heavy atom. The first-order valence-electron chi connectivity index (χ1n) is 5.26. The van der Waals surface area contributed by atoms with E-state index in [-0.39, 0.29) is 0 Å². The molecule has 1 N–H and O–H groups in total. The van der Waals surface area contributed by atoms with Crippen LogP contribution in [0.3, 0.4) is 0 Å². The number of hydrogen-bond donors (Lipinski definition) is 1. The molecule has 2 unspecified atom stereocenters. The van der Waals surface area contributed by atoms with Crippen molar-refractivity contribution < 1.29 is 0 Å². The summed E-state index contributed by atoms with van der Waals surface area (Å²) in [7, 11) is 0. The van der Waals surface area contributed by atoms with E-state index < -0.39 is 0 Å². The molecule has 2 atom stereocenters. The van der Waals surface area contributed by atoms with Crippen LogP contribution < -0.4 is 5.32 Å². The summed E-state index contributed by atoms with van der Waals surface area (Å²) in [6, 6.07) is 0.703. The molecule has 0 radical (unpaired) electrons. The fraction of sp³-hybridized carbons (Fsp3) is 0.800. The van der Waals surface area contributed by atoms with Crippen LogP contribution in [0.2, 0.25) is 0 Å². The fourth-order valence-corrected chi connectivity index (χ4v) is 2.69. The molecule has 4 heteroatoms. The predicted molar refractivity (Wildman–Crippen MR) is 58.3 cm³/mol. The lowest BCUT2D eigenvalue weighted by atomic mass is 10.1. The van der Waals surface area contributed by atoms with Gasteiger partial charge in [-0.3, -0.25) is 0 Å². The Labute approximate surface area is 88.9 Å². The Balaban J connectivity index is 1.77. The van der Waals surface area contributed by atoms with Gasteiger partial charge < -0.3 is 5.32 Å². The molecule has 1 aliphatic carbocycles. The Morgan fingerprint density at radius 1 is 1.43 bits per heavy atom. The molecule has 1 aromatic heterocycles. The Kier molecular flexibility index (Phi) is 3.13. The topological polar surface area (TPSA) is 37.8 Å². The quantitative estimate of drug-likeness (QED) is 0.832. The summed E-state index contributed by atoms with van der Waals surface area (Å²) < 4.78 is 0. The second kappa shape index (κ2) is 4.36. The molecule has 1 saturated carbocycles. The van der Waals surface area contributed by atoms with Gasteiger partial charge in [0.25, 0.3) is 0 Å². The molecule has 0 spiro atoms. The number of aryl methyl sites for hydroxylation is 1. The van der Waals surface area contributed by atoms with Crippen molar-refractivity contribution in [2.75, 3.05) is 0 Å². The van der Waals surface area contributed by atoms with Gasteiger partial charge in [-0.05, 0) is 32.1 Å². The molecule has 2 rings (SSSR count). The van der Waals surface area contributed by atoms with Crippen molar-refractivity contribution in [2.45, 2.75) is 45.7 Å². The van der Waals surface area contributed by atoms with Crippen molar-refractivity contribution in [1.29, 1.82) is 0 Å². The van der Waals surface area contributed by atoms with Gasteiger partial charge in [-0.25, -0.2) is 0 Å². The number of nitrogens with one attached hydrogen (secondary N) is 1. The van der Waals surface area contributed by atoms with Crippen molar-refractivity contribution in [1.82, 2.24) is 15.5 Å². The minimum Gasteiger partial charge on any atom is -0.308 e. The van der Waals surface area contributed by atoms with E-state index in [1.54, 1.807) is 11.3 Å². The molecule has 0 saturated heterocycles. The van der Waals surface area contributed by atoms with E-state index in [9.17, 15) is 0 Å². The summed E-state index contributed by atoms with van der Waals surface area (Å²) in [6.45, 7) is 5.22. The summed E-state index contributed by atoms with van der Waals surface area (Å²) in [5, 5.41) is 13.8. The van der Waals surface area contributed by atoms with Crippen LogP contribution in [0, 0.1) is 12.8 Å². The van der Waals surface area contributed by atoms with Crippen LogP contribution in [-0.4, -0.2) is 16.2 Å². The number of aromatic nitrogens is 2. The fourth-order valence-electron chi connectivity index (χ4n) is 2.03. The summed E-state index contributed by atoms with van der Waals surface area (Å²) in [5.74, 6) is 0.892. The van der Waals surface area contributed by atoms with Crippen LogP contribution >= 0.6 is 11.3 Å². The third-order valence-corrected chi connectivity index (χ3v) is 3.64. The zero-order valence-electron chi connectivity index (χ0n) is 8.79. The summed E-state index contributed by atoms with van der Waals surface area (Å²) >= 11 is 1.69. The first-order valence-corrected chi connectivity index (χ1v) is 6.08. The molecule has 0 bridgehead atoms. The highest BCUT2D eigenvalue weighted by molar-refractivity contribution is 7.11. The molecule has 0 amide bonds. The van der Waals surface area contributed by atoms with E-state index in [1.165, 1.54) is 19.3 Å². The Morgan fingerprint density at radius 2 is 2.29 bits per heavy atom. The highest BCUT2D eigenvalue weighted by Crippen LogP contribution is 2.24. The predicted octanol–water partition coefficient (Wildman–Crippen LogP) is 2.12. The highest BCUT2D eigenvalue weighted by atomic mass is 32.1. The average Bonchev–Trinajstić information content (AvgIpc) is 2.72. The maximum absolute atomic E-state index is 4.10. The third-order valence-electron chi connectivity index (χ3n) is 2.80. The van der Waals surface area contributed by atoms with Crippen molar-refractivity contribution >= 4 is 11.3 Å². The Bertz CT molecular complexity index is 297. The highest BCUT2D eigenvalue weighted by Gasteiger charge is 2.20. The summed E-state index contributed by atoms with van der Waals surface area (Å²) in [5.41, 5.74) is 0. The van der Waals surface area contributed by atoms with Gasteiger partial charge in [-0.2, -0.15) is 0 Å². The van der Waals surface area contributed by atoms with Gasteiger partial charge in [0.2, 0.25) is 0 Å². The monoisotopic (exact) mass is 211 g/mol. The van der Waals surface area contributed by atoms with Crippen LogP contribution in [0.1, 0.15) is 36.2 Å². The van der Waals surface area contributed by atoms with E-state index in [0.29, 0.717) is 6.04 Å². The zero-order valence-corrected chi connectivity index (χ0v) is 9.60. The molecule has 1 aliphatic rings. The number of rotatable bonds is 3. The third kappa shape index (κ3) is 2.51. The van der Waals surface area contributed by atoms with Gasteiger partial charge in [-0.1, -0.05) is 6.92 Å². The molecular weight excluding hydrogens is 194 g/mol. The standard InChI is InChI=1S/C10H17N3S/c1-7-3-4-9(5-7)11-6-10-13-12-8(2)14-10/h7,9,11H,3-6H2,1-2H3. The van der Waals surface area contributed by atoms with E-state index in [2.05, 4.69) is 22.4 Å². The van der Waals surface area contributed by atoms with Crippen LogP contribution in [-0.2, 0) is 6.54 Å². The molecule has 14 heavy (non-hydrogen) atoms. The van der Waals surface area contributed by atoms with Gasteiger partial charge in [0.05, 0.1) is 0 Å². The molecular formula is C10H17N3S. The van der Waals surface area contributed by atoms with Crippen LogP contribution in [0.15, 0.2) is 0 Å². The molecule has 0 aromatic carbocycles. The minimum absolute atomic E-state index is 0.703. The second-order valence-corrected chi connectivity index (χ2v) is 5.48. The molecule has 1 aromatic rings. The lowest BCUT2D eigenvalue weighted by Gasteiger charge is -2.09. The van der Waals surface area contributed by atoms with Crippen molar-refractivity contribution in [3.63, 3.8) is 0 Å². The summed E-state index contributed by atoms with van der Waals surface area (Å²) in [6.07, 6.45) is 4.00. The van der Waals surface area contributed by atoms with Crippen molar-refractivity contribution in [2.24, 2.45) is 5.92 Å². The SMILES string of the molecule is Cc1nnc(CNC2CCC(C)C2)s1. The maximum Gasteiger partial charge on any atom is 0.131 e. The lowest BCUT2D eigenvalue weighted by Crippen LogP contribution is -2.25. The number of nitrogens with zero attached hydrogens (tertiary/aromatic N) is 2. The Hall–Kier alpha value is -0.480. The first-order chi connectivity index (χ1) is 6.74. The molecule has 1 fully saturated rings. The van der Waals surface area contributed by atoms with Crippen molar-refractivity contribution in [3.05, 3.63) is 10.0 Å².